The molecule has 2 N–H and O–H groups in total. The number of benzene rings is 3. The van der Waals surface area contributed by atoms with Gasteiger partial charge in [-0.25, -0.2) is 4.57 Å². The van der Waals surface area contributed by atoms with Gasteiger partial charge in [0.25, 0.3) is 0 Å². The molecule has 1 atom stereocenters. The highest BCUT2D eigenvalue weighted by molar-refractivity contribution is 5.91. The molecule has 1 aromatic heterocycles. The summed E-state index contributed by atoms with van der Waals surface area (Å²) in [6.07, 6.45) is 1.79. The maximum atomic E-state index is 6.71. The van der Waals surface area contributed by atoms with Crippen LogP contribution in [-0.2, 0) is 6.54 Å². The van der Waals surface area contributed by atoms with E-state index in [9.17, 15) is 0 Å². The van der Waals surface area contributed by atoms with Crippen LogP contribution < -0.4 is 15.0 Å². The summed E-state index contributed by atoms with van der Waals surface area (Å²) in [6, 6.07) is 23.1. The SMILES string of the molecule is CN(C)CC[n+]1cnc2c(c1N)[C@H](c1ccccc1)c1ccc3ccccc3c1O2. The van der Waals surface area contributed by atoms with Gasteiger partial charge in [0.2, 0.25) is 12.1 Å². The van der Waals surface area contributed by atoms with Gasteiger partial charge in [-0.2, -0.15) is 0 Å². The Morgan fingerprint density at radius 1 is 1.00 bits per heavy atom. The molecule has 0 spiro atoms. The Morgan fingerprint density at radius 2 is 1.77 bits per heavy atom. The third-order valence-corrected chi connectivity index (χ3v) is 5.76. The van der Waals surface area contributed by atoms with Crippen LogP contribution >= 0.6 is 0 Å². The molecular weight excluding hydrogens is 372 g/mol. The van der Waals surface area contributed by atoms with Crippen LogP contribution in [0.3, 0.4) is 0 Å². The lowest BCUT2D eigenvalue weighted by Crippen LogP contribution is -2.43. The van der Waals surface area contributed by atoms with Crippen LogP contribution in [-0.4, -0.2) is 30.5 Å². The predicted octanol–water partition coefficient (Wildman–Crippen LogP) is 3.95. The van der Waals surface area contributed by atoms with Crippen LogP contribution in [0.1, 0.15) is 22.6 Å². The van der Waals surface area contributed by atoms with E-state index in [1.54, 1.807) is 6.33 Å². The van der Waals surface area contributed by atoms with Gasteiger partial charge < -0.3 is 15.4 Å². The summed E-state index contributed by atoms with van der Waals surface area (Å²) in [5.74, 6) is 2.13. The summed E-state index contributed by atoms with van der Waals surface area (Å²) in [5, 5.41) is 2.24. The van der Waals surface area contributed by atoms with E-state index in [1.165, 1.54) is 5.56 Å². The standard InChI is InChI=1S/C25H24N4O/c1-28(2)14-15-29-16-27-25-22(24(29)26)21(18-9-4-3-5-10-18)20-13-12-17-8-6-7-11-19(17)23(20)30-25/h3-13,16,21,26H,14-15H2,1-2H3/p+1/t21-/m1/s1. The number of ether oxygens (including phenoxy) is 1. The molecule has 30 heavy (non-hydrogen) atoms. The second kappa shape index (κ2) is 7.43. The van der Waals surface area contributed by atoms with Crippen LogP contribution in [0.5, 0.6) is 11.6 Å². The van der Waals surface area contributed by atoms with Crippen molar-refractivity contribution in [2.75, 3.05) is 26.4 Å². The summed E-state index contributed by atoms with van der Waals surface area (Å²) in [6.45, 7) is 1.65. The van der Waals surface area contributed by atoms with Crippen molar-refractivity contribution < 1.29 is 9.30 Å². The second-order valence-electron chi connectivity index (χ2n) is 8.00. The molecule has 0 saturated carbocycles. The van der Waals surface area contributed by atoms with Crippen molar-refractivity contribution in [2.24, 2.45) is 0 Å². The van der Waals surface area contributed by atoms with E-state index in [4.69, 9.17) is 10.5 Å². The zero-order chi connectivity index (χ0) is 20.7. The third kappa shape index (κ3) is 3.08. The maximum absolute atomic E-state index is 6.71. The molecule has 3 aromatic carbocycles. The van der Waals surface area contributed by atoms with Crippen LogP contribution in [0.4, 0.5) is 5.82 Å². The molecule has 1 aliphatic heterocycles. The van der Waals surface area contributed by atoms with E-state index < -0.39 is 0 Å². The topological polar surface area (TPSA) is 55.3 Å². The number of hydrogen-bond donors (Lipinski definition) is 1. The van der Waals surface area contributed by atoms with Crippen molar-refractivity contribution in [1.82, 2.24) is 9.88 Å². The highest BCUT2D eigenvalue weighted by atomic mass is 16.5. The van der Waals surface area contributed by atoms with Crippen molar-refractivity contribution >= 4 is 16.6 Å². The van der Waals surface area contributed by atoms with E-state index in [1.807, 2.05) is 22.8 Å². The monoisotopic (exact) mass is 397 g/mol. The van der Waals surface area contributed by atoms with Gasteiger partial charge in [-0.1, -0.05) is 71.7 Å². The first-order chi connectivity index (χ1) is 14.6. The smallest absolute Gasteiger partial charge is 0.306 e. The van der Waals surface area contributed by atoms with E-state index in [0.29, 0.717) is 11.7 Å². The highest BCUT2D eigenvalue weighted by Gasteiger charge is 2.36. The number of aromatic nitrogens is 2. The summed E-state index contributed by atoms with van der Waals surface area (Å²) >= 11 is 0. The molecule has 5 nitrogen and oxygen atoms in total. The van der Waals surface area contributed by atoms with Crippen LogP contribution in [0.15, 0.2) is 73.1 Å². The fraction of sp³-hybridized carbons (Fsp3) is 0.200. The minimum Gasteiger partial charge on any atom is -0.425 e. The lowest BCUT2D eigenvalue weighted by molar-refractivity contribution is -0.685. The molecule has 5 rings (SSSR count). The number of nitrogens with two attached hydrogens (primary N) is 1. The van der Waals surface area contributed by atoms with Crippen LogP contribution in [0.25, 0.3) is 10.8 Å². The molecule has 5 heteroatoms. The molecule has 0 amide bonds. The first-order valence-corrected chi connectivity index (χ1v) is 10.2. The summed E-state index contributed by atoms with van der Waals surface area (Å²) in [4.78, 5) is 6.82. The van der Waals surface area contributed by atoms with Gasteiger partial charge >= 0.3 is 5.88 Å². The van der Waals surface area contributed by atoms with E-state index in [2.05, 4.69) is 72.5 Å². The van der Waals surface area contributed by atoms with Gasteiger partial charge in [-0.3, -0.25) is 0 Å². The van der Waals surface area contributed by atoms with Crippen molar-refractivity contribution in [3.05, 3.63) is 89.7 Å². The lowest BCUT2D eigenvalue weighted by Gasteiger charge is -2.28. The predicted molar refractivity (Wildman–Crippen MR) is 119 cm³/mol. The summed E-state index contributed by atoms with van der Waals surface area (Å²) < 4.78 is 8.41. The van der Waals surface area contributed by atoms with Crippen LogP contribution in [0, 0.1) is 0 Å². The number of likely N-dealkylation sites (N-methyl/N-ethyl adjacent to an activating group) is 1. The van der Waals surface area contributed by atoms with Gasteiger partial charge in [0, 0.05) is 17.5 Å². The summed E-state index contributed by atoms with van der Waals surface area (Å²) in [5.41, 5.74) is 9.94. The van der Waals surface area contributed by atoms with E-state index in [-0.39, 0.29) is 5.92 Å². The Balaban J connectivity index is 1.74. The number of nitrogens with zero attached hydrogens (tertiary/aromatic N) is 3. The molecule has 0 unspecified atom stereocenters. The number of hydrogen-bond acceptors (Lipinski definition) is 4. The Labute approximate surface area is 176 Å². The lowest BCUT2D eigenvalue weighted by atomic mass is 9.82. The zero-order valence-electron chi connectivity index (χ0n) is 17.2. The molecule has 0 saturated heterocycles. The Hall–Kier alpha value is -3.44. The molecular formula is C25H25N4O+. The van der Waals surface area contributed by atoms with E-state index >= 15 is 0 Å². The first-order valence-electron chi connectivity index (χ1n) is 10.2. The van der Waals surface area contributed by atoms with Crippen molar-refractivity contribution in [3.8, 4) is 11.6 Å². The van der Waals surface area contributed by atoms with Gasteiger partial charge in [0.15, 0.2) is 0 Å². The largest absolute Gasteiger partial charge is 0.425 e. The minimum absolute atomic E-state index is 0.0335. The molecule has 0 radical (unpaired) electrons. The number of nitrogen functional groups attached to an aromatic ring is 1. The quantitative estimate of drug-likeness (QED) is 0.467. The molecule has 0 aliphatic carbocycles. The Kier molecular flexibility index (Phi) is 4.60. The molecule has 0 fully saturated rings. The van der Waals surface area contributed by atoms with Gasteiger partial charge in [-0.15, -0.1) is 0 Å². The second-order valence-corrected chi connectivity index (χ2v) is 8.00. The van der Waals surface area contributed by atoms with Gasteiger partial charge in [0.1, 0.15) is 11.3 Å². The average molecular weight is 398 g/mol. The highest BCUT2D eigenvalue weighted by Crippen LogP contribution is 2.50. The van der Waals surface area contributed by atoms with Crippen molar-refractivity contribution in [2.45, 2.75) is 12.5 Å². The minimum atomic E-state index is -0.0335. The molecule has 1 aliphatic rings. The first kappa shape index (κ1) is 18.6. The fourth-order valence-electron chi connectivity index (χ4n) is 4.20. The van der Waals surface area contributed by atoms with Gasteiger partial charge in [0.05, 0.1) is 12.5 Å². The third-order valence-electron chi connectivity index (χ3n) is 5.76. The molecule has 2 heterocycles. The fourth-order valence-corrected chi connectivity index (χ4v) is 4.20. The van der Waals surface area contributed by atoms with Crippen molar-refractivity contribution in [3.63, 3.8) is 0 Å². The molecule has 4 aromatic rings. The molecule has 150 valence electrons. The van der Waals surface area contributed by atoms with E-state index in [0.717, 1.165) is 40.7 Å². The molecule has 0 bridgehead atoms. The normalized spacial score (nSPS) is 15.0. The average Bonchev–Trinajstić information content (AvgIpc) is 2.77. The van der Waals surface area contributed by atoms with Gasteiger partial charge in [-0.05, 0) is 25.0 Å². The van der Waals surface area contributed by atoms with Crippen LogP contribution in [0.2, 0.25) is 0 Å². The Morgan fingerprint density at radius 3 is 2.57 bits per heavy atom. The summed E-state index contributed by atoms with van der Waals surface area (Å²) in [7, 11) is 4.11. The maximum Gasteiger partial charge on any atom is 0.306 e. The zero-order valence-corrected chi connectivity index (χ0v) is 17.2. The Bertz CT molecular complexity index is 1220. The number of anilines is 1. The van der Waals surface area contributed by atoms with Crippen molar-refractivity contribution in [1.29, 1.82) is 0 Å². The number of rotatable bonds is 4. The number of fused-ring (bicyclic) bond motifs is 4.